The van der Waals surface area contributed by atoms with Gasteiger partial charge in [-0.2, -0.15) is 9.40 Å². The zero-order valence-electron chi connectivity index (χ0n) is 17.8. The second kappa shape index (κ2) is 8.35. The third kappa shape index (κ3) is 4.33. The van der Waals surface area contributed by atoms with Gasteiger partial charge in [-0.1, -0.05) is 25.4 Å². The van der Waals surface area contributed by atoms with Crippen molar-refractivity contribution >= 4 is 38.4 Å². The molecule has 2 aliphatic rings. The average molecular weight is 469 g/mol. The molecule has 0 bridgehead atoms. The summed E-state index contributed by atoms with van der Waals surface area (Å²) in [4.78, 5) is 14.4. The molecule has 2 fully saturated rings. The van der Waals surface area contributed by atoms with E-state index in [4.69, 9.17) is 11.6 Å². The van der Waals surface area contributed by atoms with Crippen molar-refractivity contribution in [2.45, 2.75) is 39.2 Å². The van der Waals surface area contributed by atoms with Crippen LogP contribution in [0.1, 0.15) is 44.8 Å². The van der Waals surface area contributed by atoms with Gasteiger partial charge in [0.25, 0.3) is 0 Å². The number of carbonyl (C=O) groups is 1. The van der Waals surface area contributed by atoms with E-state index in [1.165, 1.54) is 4.31 Å². The van der Waals surface area contributed by atoms with Gasteiger partial charge in [0.2, 0.25) is 15.9 Å². The number of hydrogen-bond acceptors (Lipinski definition) is 5. The summed E-state index contributed by atoms with van der Waals surface area (Å²) in [5, 5.41) is 19.7. The smallest absolute Gasteiger partial charge is 0.237 e. The van der Waals surface area contributed by atoms with Crippen LogP contribution in [0.15, 0.2) is 18.3 Å². The van der Waals surface area contributed by atoms with Crippen LogP contribution in [-0.4, -0.2) is 70.8 Å². The molecule has 2 N–H and O–H groups in total. The summed E-state index contributed by atoms with van der Waals surface area (Å²) < 4.78 is 25.3. The summed E-state index contributed by atoms with van der Waals surface area (Å²) in [6, 6.07) is 3.60. The summed E-state index contributed by atoms with van der Waals surface area (Å²) in [6.45, 7) is 5.55. The highest BCUT2D eigenvalue weighted by Gasteiger charge is 2.41. The molecule has 1 atom stereocenters. The van der Waals surface area contributed by atoms with Crippen LogP contribution in [0.5, 0.6) is 0 Å². The summed E-state index contributed by atoms with van der Waals surface area (Å²) in [5.74, 6) is 0.178. The first kappa shape index (κ1) is 22.5. The van der Waals surface area contributed by atoms with E-state index in [0.717, 1.165) is 29.3 Å². The topological polar surface area (TPSA) is 107 Å². The van der Waals surface area contributed by atoms with Crippen molar-refractivity contribution in [3.05, 3.63) is 28.9 Å². The number of hydrogen-bond donors (Lipinski definition) is 2. The van der Waals surface area contributed by atoms with Gasteiger partial charge in [-0.05, 0) is 42.7 Å². The lowest BCUT2D eigenvalue weighted by molar-refractivity contribution is -0.134. The molecule has 1 aromatic heterocycles. The Morgan fingerprint density at radius 3 is 2.68 bits per heavy atom. The first-order valence-corrected chi connectivity index (χ1v) is 12.6. The van der Waals surface area contributed by atoms with Gasteiger partial charge in [-0.25, -0.2) is 8.42 Å². The van der Waals surface area contributed by atoms with Gasteiger partial charge in [0.1, 0.15) is 0 Å². The molecule has 0 spiro atoms. The van der Waals surface area contributed by atoms with E-state index in [2.05, 4.69) is 10.2 Å². The summed E-state index contributed by atoms with van der Waals surface area (Å²) in [6.07, 6.45) is 3.01. The number of aliphatic hydroxyl groups is 1. The molecular formula is C21H29ClN4O4S. The second-order valence-corrected chi connectivity index (χ2v) is 11.7. The highest BCUT2D eigenvalue weighted by Crippen LogP contribution is 2.46. The minimum absolute atomic E-state index is 0.0701. The maximum Gasteiger partial charge on any atom is 0.237 e. The normalized spacial score (nSPS) is 21.6. The molecule has 1 aromatic carbocycles. The number of nitrogens with zero attached hydrogens (tertiary/aromatic N) is 3. The van der Waals surface area contributed by atoms with Crippen molar-refractivity contribution in [1.29, 1.82) is 0 Å². The molecule has 8 nitrogen and oxygen atoms in total. The van der Waals surface area contributed by atoms with E-state index in [1.54, 1.807) is 17.2 Å². The van der Waals surface area contributed by atoms with E-state index in [0.29, 0.717) is 31.1 Å². The molecule has 170 valence electrons. The van der Waals surface area contributed by atoms with Crippen molar-refractivity contribution in [3.8, 4) is 0 Å². The van der Waals surface area contributed by atoms with Gasteiger partial charge in [0.05, 0.1) is 30.1 Å². The van der Waals surface area contributed by atoms with Crippen molar-refractivity contribution in [2.24, 2.45) is 11.3 Å². The number of sulfonamides is 1. The zero-order chi connectivity index (χ0) is 22.4. The Balaban J connectivity index is 1.42. The molecule has 1 unspecified atom stereocenters. The zero-order valence-corrected chi connectivity index (χ0v) is 19.4. The fourth-order valence-electron chi connectivity index (χ4n) is 4.88. The number of piperidine rings is 1. The molecule has 0 radical (unpaired) electrons. The number of likely N-dealkylation sites (tertiary alicyclic amines) is 1. The molecule has 2 aromatic rings. The molecule has 2 aliphatic heterocycles. The predicted molar refractivity (Wildman–Crippen MR) is 119 cm³/mol. The van der Waals surface area contributed by atoms with Gasteiger partial charge >= 0.3 is 0 Å². The van der Waals surface area contributed by atoms with Gasteiger partial charge in [0, 0.05) is 35.6 Å². The molecule has 31 heavy (non-hydrogen) atoms. The maximum atomic E-state index is 12.7. The van der Waals surface area contributed by atoms with E-state index < -0.39 is 21.5 Å². The summed E-state index contributed by atoms with van der Waals surface area (Å²) in [7, 11) is -3.28. The number of rotatable bonds is 5. The van der Waals surface area contributed by atoms with E-state index >= 15 is 0 Å². The molecule has 4 rings (SSSR count). The van der Waals surface area contributed by atoms with Crippen LogP contribution >= 0.6 is 11.6 Å². The number of H-pyrrole nitrogens is 1. The van der Waals surface area contributed by atoms with E-state index in [9.17, 15) is 18.3 Å². The number of amides is 1. The summed E-state index contributed by atoms with van der Waals surface area (Å²) >= 11 is 6.26. The second-order valence-electron chi connectivity index (χ2n) is 9.21. The molecule has 2 saturated heterocycles. The lowest BCUT2D eigenvalue weighted by Crippen LogP contribution is -2.47. The van der Waals surface area contributed by atoms with Gasteiger partial charge < -0.3 is 10.0 Å². The number of halogens is 1. The number of aliphatic hydroxyl groups excluding tert-OH is 1. The van der Waals surface area contributed by atoms with Crippen LogP contribution in [0.4, 0.5) is 0 Å². The largest absolute Gasteiger partial charge is 0.388 e. The molecule has 0 saturated carbocycles. The van der Waals surface area contributed by atoms with Crippen LogP contribution in [0.2, 0.25) is 5.02 Å². The Labute approximate surface area is 187 Å². The monoisotopic (exact) mass is 468 g/mol. The molecular weight excluding hydrogens is 440 g/mol. The number of aromatic nitrogens is 2. The Morgan fingerprint density at radius 1 is 1.32 bits per heavy atom. The van der Waals surface area contributed by atoms with Crippen LogP contribution in [0.3, 0.4) is 0 Å². The highest BCUT2D eigenvalue weighted by atomic mass is 35.5. The Hall–Kier alpha value is -1.68. The van der Waals surface area contributed by atoms with Gasteiger partial charge in [-0.15, -0.1) is 0 Å². The van der Waals surface area contributed by atoms with Crippen LogP contribution in [-0.2, 0) is 14.8 Å². The SMILES string of the molecule is CC(C)(C1CCN(C(=O)CN2CCCS2(=O)=O)CC1)C(O)c1cc(Cl)cc2cn[nH]c12. The summed E-state index contributed by atoms with van der Waals surface area (Å²) in [5.41, 5.74) is 1.06. The standard InChI is InChI=1S/C21H29ClN4O4S/c1-21(2,20(28)17-11-16(22)10-14-12-23-24-19(14)17)15-4-7-25(8-5-15)18(27)13-26-6-3-9-31(26,29)30/h10-12,15,20,28H,3-9,13H2,1-2H3,(H,23,24). The molecule has 3 heterocycles. The van der Waals surface area contributed by atoms with Crippen molar-refractivity contribution in [1.82, 2.24) is 19.4 Å². The van der Waals surface area contributed by atoms with Gasteiger partial charge in [-0.3, -0.25) is 9.89 Å². The quantitative estimate of drug-likeness (QED) is 0.701. The first-order chi connectivity index (χ1) is 14.6. The van der Waals surface area contributed by atoms with E-state index in [-0.39, 0.29) is 24.1 Å². The number of fused-ring (bicyclic) bond motifs is 1. The molecule has 1 amide bonds. The minimum Gasteiger partial charge on any atom is -0.388 e. The van der Waals surface area contributed by atoms with Crippen molar-refractivity contribution in [3.63, 3.8) is 0 Å². The van der Waals surface area contributed by atoms with Crippen molar-refractivity contribution < 1.29 is 18.3 Å². The lowest BCUT2D eigenvalue weighted by Gasteiger charge is -2.43. The predicted octanol–water partition coefficient (Wildman–Crippen LogP) is 2.55. The Morgan fingerprint density at radius 2 is 2.03 bits per heavy atom. The lowest BCUT2D eigenvalue weighted by atomic mass is 9.68. The molecule has 10 heteroatoms. The highest BCUT2D eigenvalue weighted by molar-refractivity contribution is 7.89. The van der Waals surface area contributed by atoms with Crippen LogP contribution in [0, 0.1) is 11.3 Å². The Kier molecular flexibility index (Phi) is 6.06. The number of carbonyl (C=O) groups excluding carboxylic acids is 1. The third-order valence-electron chi connectivity index (χ3n) is 6.96. The third-order valence-corrected chi connectivity index (χ3v) is 9.08. The number of aromatic amines is 1. The van der Waals surface area contributed by atoms with Crippen LogP contribution in [0.25, 0.3) is 10.9 Å². The fraction of sp³-hybridized carbons (Fsp3) is 0.619. The number of benzene rings is 1. The molecule has 0 aliphatic carbocycles. The fourth-order valence-corrected chi connectivity index (χ4v) is 6.58. The number of nitrogens with one attached hydrogen (secondary N) is 1. The van der Waals surface area contributed by atoms with Crippen LogP contribution < -0.4 is 0 Å². The first-order valence-electron chi connectivity index (χ1n) is 10.7. The average Bonchev–Trinajstić information content (AvgIpc) is 3.32. The Bertz CT molecular complexity index is 1080. The van der Waals surface area contributed by atoms with Gasteiger partial charge in [0.15, 0.2) is 0 Å². The van der Waals surface area contributed by atoms with Crippen molar-refractivity contribution in [2.75, 3.05) is 31.9 Å². The maximum absolute atomic E-state index is 12.7. The van der Waals surface area contributed by atoms with E-state index in [1.807, 2.05) is 19.9 Å². The minimum atomic E-state index is -3.28.